The molecule has 0 amide bonds. The van der Waals surface area contributed by atoms with Gasteiger partial charge in [0.2, 0.25) is 0 Å². The van der Waals surface area contributed by atoms with Crippen LogP contribution in [0.5, 0.6) is 0 Å². The van der Waals surface area contributed by atoms with Gasteiger partial charge in [0.1, 0.15) is 5.82 Å². The average Bonchev–Trinajstić information content (AvgIpc) is 3.10. The first-order valence-electron chi connectivity index (χ1n) is 8.82. The number of fused-ring (bicyclic) bond motifs is 1. The highest BCUT2D eigenvalue weighted by molar-refractivity contribution is 6.02. The second-order valence-corrected chi connectivity index (χ2v) is 6.94. The molecule has 0 atom stereocenters. The summed E-state index contributed by atoms with van der Waals surface area (Å²) in [4.78, 5) is 7.02. The lowest BCUT2D eigenvalue weighted by Crippen LogP contribution is -2.19. The third-order valence-electron chi connectivity index (χ3n) is 5.27. The number of nitrogens with zero attached hydrogens (tertiary/aromatic N) is 2. The van der Waals surface area contributed by atoms with Crippen LogP contribution in [0.15, 0.2) is 41.4 Å². The zero-order valence-electron chi connectivity index (χ0n) is 14.2. The molecule has 0 saturated carbocycles. The fourth-order valence-electron chi connectivity index (χ4n) is 3.80. The van der Waals surface area contributed by atoms with Gasteiger partial charge in [0.25, 0.3) is 0 Å². The number of hydrogen-bond acceptors (Lipinski definition) is 2. The minimum absolute atomic E-state index is 0.0994. The van der Waals surface area contributed by atoms with E-state index in [1.165, 1.54) is 29.5 Å². The molecule has 1 fully saturated rings. The minimum Gasteiger partial charge on any atom is -0.299 e. The molecular weight excluding hydrogens is 299 g/mol. The molecule has 2 aromatic carbocycles. The number of halogens is 1. The Labute approximate surface area is 143 Å². The van der Waals surface area contributed by atoms with Crippen molar-refractivity contribution in [1.29, 1.82) is 0 Å². The third kappa shape index (κ3) is 3.01. The van der Waals surface area contributed by atoms with Gasteiger partial charge >= 0.3 is 0 Å². The first-order valence-corrected chi connectivity index (χ1v) is 8.82. The smallest absolute Gasteiger partial charge is 0.128 e. The maximum Gasteiger partial charge on any atom is 0.128 e. The molecule has 3 heteroatoms. The van der Waals surface area contributed by atoms with Crippen molar-refractivity contribution >= 4 is 5.71 Å². The van der Waals surface area contributed by atoms with E-state index in [0.717, 1.165) is 42.9 Å². The molecule has 0 aliphatic carbocycles. The number of likely N-dealkylation sites (tertiary alicyclic amines) is 1. The molecule has 1 saturated heterocycles. The summed E-state index contributed by atoms with van der Waals surface area (Å²) in [5.74, 6) is -0.0994. The standard InChI is InChI=1S/C21H23FN2/c1-15-5-4-6-17-13-23-21(12-19(15)17)16-7-8-18(20(22)11-16)14-24-9-2-3-10-24/h4-8,11H,2-3,9-10,12-14H2,1H3. The molecule has 0 radical (unpaired) electrons. The molecule has 0 N–H and O–H groups in total. The predicted octanol–water partition coefficient (Wildman–Crippen LogP) is 4.28. The average molecular weight is 322 g/mol. The summed E-state index contributed by atoms with van der Waals surface area (Å²) >= 11 is 0. The first-order chi connectivity index (χ1) is 11.7. The van der Waals surface area contributed by atoms with E-state index in [-0.39, 0.29) is 5.82 Å². The van der Waals surface area contributed by atoms with Gasteiger partial charge in [-0.25, -0.2) is 4.39 Å². The van der Waals surface area contributed by atoms with Crippen molar-refractivity contribution in [1.82, 2.24) is 4.90 Å². The SMILES string of the molecule is Cc1cccc2c1CC(c1ccc(CN3CCCC3)c(F)c1)=NC2. The van der Waals surface area contributed by atoms with E-state index in [4.69, 9.17) is 4.99 Å². The van der Waals surface area contributed by atoms with Crippen molar-refractivity contribution in [2.75, 3.05) is 13.1 Å². The summed E-state index contributed by atoms with van der Waals surface area (Å²) < 4.78 is 14.6. The van der Waals surface area contributed by atoms with Gasteiger partial charge in [-0.1, -0.05) is 30.3 Å². The first kappa shape index (κ1) is 15.5. The highest BCUT2D eigenvalue weighted by atomic mass is 19.1. The van der Waals surface area contributed by atoms with Gasteiger partial charge in [0.05, 0.1) is 6.54 Å². The lowest BCUT2D eigenvalue weighted by atomic mass is 9.91. The molecule has 2 aromatic rings. The second-order valence-electron chi connectivity index (χ2n) is 6.94. The summed E-state index contributed by atoms with van der Waals surface area (Å²) in [5.41, 5.74) is 6.67. The van der Waals surface area contributed by atoms with E-state index in [1.807, 2.05) is 12.1 Å². The Morgan fingerprint density at radius 3 is 2.75 bits per heavy atom. The van der Waals surface area contributed by atoms with Crippen molar-refractivity contribution < 1.29 is 4.39 Å². The summed E-state index contributed by atoms with van der Waals surface area (Å²) in [6.07, 6.45) is 3.26. The maximum atomic E-state index is 14.6. The Morgan fingerprint density at radius 1 is 1.12 bits per heavy atom. The Morgan fingerprint density at radius 2 is 1.96 bits per heavy atom. The van der Waals surface area contributed by atoms with Crippen LogP contribution < -0.4 is 0 Å². The molecule has 2 nitrogen and oxygen atoms in total. The Kier molecular flexibility index (Phi) is 4.19. The fourth-order valence-corrected chi connectivity index (χ4v) is 3.80. The molecule has 24 heavy (non-hydrogen) atoms. The molecule has 2 aliphatic rings. The van der Waals surface area contributed by atoms with Crippen molar-refractivity contribution in [3.63, 3.8) is 0 Å². The molecule has 2 heterocycles. The molecule has 0 spiro atoms. The lowest BCUT2D eigenvalue weighted by Gasteiger charge is -2.19. The predicted molar refractivity (Wildman–Crippen MR) is 96.0 cm³/mol. The second kappa shape index (κ2) is 6.48. The van der Waals surface area contributed by atoms with Crippen LogP contribution in [0.4, 0.5) is 4.39 Å². The Hall–Kier alpha value is -2.00. The molecular formula is C21H23FN2. The highest BCUT2D eigenvalue weighted by Crippen LogP contribution is 2.24. The number of benzene rings is 2. The van der Waals surface area contributed by atoms with Gasteiger partial charge < -0.3 is 0 Å². The zero-order chi connectivity index (χ0) is 16.5. The number of aryl methyl sites for hydroxylation is 1. The van der Waals surface area contributed by atoms with Crippen LogP contribution >= 0.6 is 0 Å². The summed E-state index contributed by atoms with van der Waals surface area (Å²) in [6, 6.07) is 12.0. The van der Waals surface area contributed by atoms with Crippen LogP contribution in [0.25, 0.3) is 0 Å². The minimum atomic E-state index is -0.0994. The normalized spacial score (nSPS) is 17.7. The Bertz CT molecular complexity index is 788. The fraction of sp³-hybridized carbons (Fsp3) is 0.381. The zero-order valence-corrected chi connectivity index (χ0v) is 14.2. The third-order valence-corrected chi connectivity index (χ3v) is 5.27. The van der Waals surface area contributed by atoms with Crippen molar-refractivity contribution in [3.8, 4) is 0 Å². The Balaban J connectivity index is 1.56. The number of hydrogen-bond donors (Lipinski definition) is 0. The van der Waals surface area contributed by atoms with Gasteiger partial charge in [-0.15, -0.1) is 0 Å². The van der Waals surface area contributed by atoms with Gasteiger partial charge in [-0.05, 0) is 61.2 Å². The van der Waals surface area contributed by atoms with Gasteiger partial charge in [0.15, 0.2) is 0 Å². The molecule has 0 unspecified atom stereocenters. The van der Waals surface area contributed by atoms with Crippen LogP contribution in [0, 0.1) is 12.7 Å². The van der Waals surface area contributed by atoms with Crippen molar-refractivity contribution in [2.24, 2.45) is 4.99 Å². The molecule has 4 rings (SSSR count). The topological polar surface area (TPSA) is 15.6 Å². The van der Waals surface area contributed by atoms with Crippen LogP contribution in [0.2, 0.25) is 0 Å². The summed E-state index contributed by atoms with van der Waals surface area (Å²) in [7, 11) is 0. The summed E-state index contributed by atoms with van der Waals surface area (Å²) in [6.45, 7) is 5.74. The summed E-state index contributed by atoms with van der Waals surface area (Å²) in [5, 5.41) is 0. The van der Waals surface area contributed by atoms with Gasteiger partial charge in [0, 0.05) is 24.2 Å². The van der Waals surface area contributed by atoms with Gasteiger partial charge in [-0.3, -0.25) is 9.89 Å². The number of aliphatic imine (C=N–C) groups is 1. The van der Waals surface area contributed by atoms with E-state index in [1.54, 1.807) is 6.07 Å². The molecule has 124 valence electrons. The van der Waals surface area contributed by atoms with E-state index in [2.05, 4.69) is 30.0 Å². The quantitative estimate of drug-likeness (QED) is 0.824. The van der Waals surface area contributed by atoms with Crippen molar-refractivity contribution in [3.05, 3.63) is 70.0 Å². The van der Waals surface area contributed by atoms with E-state index < -0.39 is 0 Å². The lowest BCUT2D eigenvalue weighted by molar-refractivity contribution is 0.325. The van der Waals surface area contributed by atoms with Gasteiger partial charge in [-0.2, -0.15) is 0 Å². The van der Waals surface area contributed by atoms with Crippen LogP contribution in [0.3, 0.4) is 0 Å². The monoisotopic (exact) mass is 322 g/mol. The molecule has 0 bridgehead atoms. The van der Waals surface area contributed by atoms with Crippen LogP contribution in [0.1, 0.15) is 40.7 Å². The largest absolute Gasteiger partial charge is 0.299 e. The van der Waals surface area contributed by atoms with Crippen LogP contribution in [-0.2, 0) is 19.5 Å². The van der Waals surface area contributed by atoms with E-state index in [9.17, 15) is 4.39 Å². The molecule has 0 aromatic heterocycles. The highest BCUT2D eigenvalue weighted by Gasteiger charge is 2.18. The maximum absolute atomic E-state index is 14.6. The van der Waals surface area contributed by atoms with Crippen LogP contribution in [-0.4, -0.2) is 23.7 Å². The van der Waals surface area contributed by atoms with E-state index >= 15 is 0 Å². The number of rotatable bonds is 3. The molecule has 2 aliphatic heterocycles. The van der Waals surface area contributed by atoms with Crippen molar-refractivity contribution in [2.45, 2.75) is 39.3 Å². The van der Waals surface area contributed by atoms with E-state index in [0.29, 0.717) is 6.54 Å².